The molecule has 25 heavy (non-hydrogen) atoms. The zero-order valence-corrected chi connectivity index (χ0v) is 13.9. The average molecular weight is 333 g/mol. The number of aromatic nitrogens is 2. The second kappa shape index (κ2) is 7.57. The maximum absolute atomic E-state index is 11.9. The van der Waals surface area contributed by atoms with Crippen molar-refractivity contribution in [3.8, 4) is 17.0 Å². The average Bonchev–Trinajstić information content (AvgIpc) is 2.67. The zero-order valence-electron chi connectivity index (χ0n) is 13.9. The molecule has 5 heteroatoms. The molecule has 5 nitrogen and oxygen atoms in total. The van der Waals surface area contributed by atoms with Gasteiger partial charge in [-0.15, -0.1) is 0 Å². The fourth-order valence-electron chi connectivity index (χ4n) is 2.70. The first-order chi connectivity index (χ1) is 12.2. The maximum atomic E-state index is 11.9. The molecular weight excluding hydrogens is 314 g/mol. The first kappa shape index (κ1) is 16.6. The molecule has 0 saturated carbocycles. The van der Waals surface area contributed by atoms with Crippen LogP contribution in [0.4, 0.5) is 0 Å². The first-order valence-corrected chi connectivity index (χ1v) is 7.97. The molecule has 2 N–H and O–H groups in total. The SMILES string of the molecule is COc1cccc(-c2cncc(CC(C(N)=O)c3ccccc3)n2)c1. The lowest BCUT2D eigenvalue weighted by Crippen LogP contribution is -2.23. The van der Waals surface area contributed by atoms with Crippen LogP contribution in [0, 0.1) is 0 Å². The van der Waals surface area contributed by atoms with E-state index in [9.17, 15) is 4.79 Å². The second-order valence-electron chi connectivity index (χ2n) is 5.70. The second-order valence-corrected chi connectivity index (χ2v) is 5.70. The number of nitrogens with two attached hydrogens (primary N) is 1. The molecule has 0 spiro atoms. The van der Waals surface area contributed by atoms with Crippen molar-refractivity contribution in [3.05, 3.63) is 78.2 Å². The quantitative estimate of drug-likeness (QED) is 0.752. The Kier molecular flexibility index (Phi) is 5.04. The highest BCUT2D eigenvalue weighted by atomic mass is 16.5. The van der Waals surface area contributed by atoms with E-state index in [2.05, 4.69) is 9.97 Å². The van der Waals surface area contributed by atoms with Crippen LogP contribution in [0.15, 0.2) is 67.0 Å². The van der Waals surface area contributed by atoms with Crippen LogP contribution in [0.3, 0.4) is 0 Å². The van der Waals surface area contributed by atoms with E-state index in [1.165, 1.54) is 0 Å². The van der Waals surface area contributed by atoms with Gasteiger partial charge in [-0.1, -0.05) is 42.5 Å². The molecule has 1 unspecified atom stereocenters. The Bertz CT molecular complexity index is 866. The van der Waals surface area contributed by atoms with Crippen molar-refractivity contribution in [2.24, 2.45) is 5.73 Å². The standard InChI is InChI=1S/C20H19N3O2/c1-25-17-9-5-8-15(10-17)19-13-22-12-16(23-19)11-18(20(21)24)14-6-3-2-4-7-14/h2-10,12-13,18H,11H2,1H3,(H2,21,24). The molecular formula is C20H19N3O2. The first-order valence-electron chi connectivity index (χ1n) is 7.97. The highest BCUT2D eigenvalue weighted by molar-refractivity contribution is 5.82. The van der Waals surface area contributed by atoms with E-state index in [0.29, 0.717) is 12.1 Å². The monoisotopic (exact) mass is 333 g/mol. The van der Waals surface area contributed by atoms with Gasteiger partial charge in [0.2, 0.25) is 5.91 Å². The van der Waals surface area contributed by atoms with Crippen LogP contribution in [0.1, 0.15) is 17.2 Å². The number of hydrogen-bond donors (Lipinski definition) is 1. The van der Waals surface area contributed by atoms with E-state index in [-0.39, 0.29) is 5.91 Å². The highest BCUT2D eigenvalue weighted by Gasteiger charge is 2.19. The number of methoxy groups -OCH3 is 1. The molecule has 1 heterocycles. The van der Waals surface area contributed by atoms with E-state index in [1.807, 2.05) is 54.6 Å². The molecule has 1 aromatic heterocycles. The predicted octanol–water partition coefficient (Wildman–Crippen LogP) is 2.96. The number of amides is 1. The number of nitrogens with zero attached hydrogens (tertiary/aromatic N) is 2. The van der Waals surface area contributed by atoms with Crippen molar-refractivity contribution in [3.63, 3.8) is 0 Å². The summed E-state index contributed by atoms with van der Waals surface area (Å²) < 4.78 is 5.25. The Hall–Kier alpha value is -3.21. The number of carbonyl (C=O) groups excluding carboxylic acids is 1. The van der Waals surface area contributed by atoms with Crippen LogP contribution in [-0.2, 0) is 11.2 Å². The summed E-state index contributed by atoms with van der Waals surface area (Å²) in [5.41, 5.74) is 8.83. The number of benzene rings is 2. The molecule has 0 aliphatic rings. The van der Waals surface area contributed by atoms with Gasteiger partial charge < -0.3 is 10.5 Å². The molecule has 126 valence electrons. The topological polar surface area (TPSA) is 78.1 Å². The number of carbonyl (C=O) groups is 1. The van der Waals surface area contributed by atoms with Gasteiger partial charge in [0, 0.05) is 18.2 Å². The fraction of sp³-hybridized carbons (Fsp3) is 0.150. The normalized spacial score (nSPS) is 11.7. The van der Waals surface area contributed by atoms with E-state index in [4.69, 9.17) is 10.5 Å². The largest absolute Gasteiger partial charge is 0.497 e. The van der Waals surface area contributed by atoms with Gasteiger partial charge in [0.15, 0.2) is 0 Å². The Morgan fingerprint density at radius 1 is 1.12 bits per heavy atom. The summed E-state index contributed by atoms with van der Waals surface area (Å²) in [4.78, 5) is 20.8. The van der Waals surface area contributed by atoms with Crippen LogP contribution >= 0.6 is 0 Å². The van der Waals surface area contributed by atoms with E-state index < -0.39 is 5.92 Å². The van der Waals surface area contributed by atoms with Gasteiger partial charge in [-0.3, -0.25) is 9.78 Å². The zero-order chi connectivity index (χ0) is 17.6. The smallest absolute Gasteiger partial charge is 0.225 e. The van der Waals surface area contributed by atoms with Crippen molar-refractivity contribution in [1.29, 1.82) is 0 Å². The Balaban J connectivity index is 1.89. The minimum atomic E-state index is -0.434. The van der Waals surface area contributed by atoms with E-state index in [0.717, 1.165) is 22.6 Å². The summed E-state index contributed by atoms with van der Waals surface area (Å²) in [6.07, 6.45) is 3.77. The van der Waals surface area contributed by atoms with Gasteiger partial charge in [-0.25, -0.2) is 4.98 Å². The van der Waals surface area contributed by atoms with Crippen molar-refractivity contribution in [2.45, 2.75) is 12.3 Å². The number of rotatable bonds is 6. The molecule has 0 fully saturated rings. The van der Waals surface area contributed by atoms with Gasteiger partial charge in [0.25, 0.3) is 0 Å². The van der Waals surface area contributed by atoms with Gasteiger partial charge in [-0.05, 0) is 17.7 Å². The van der Waals surface area contributed by atoms with Crippen molar-refractivity contribution in [1.82, 2.24) is 9.97 Å². The predicted molar refractivity (Wildman–Crippen MR) is 96.1 cm³/mol. The van der Waals surface area contributed by atoms with Gasteiger partial charge >= 0.3 is 0 Å². The van der Waals surface area contributed by atoms with Crippen molar-refractivity contribution in [2.75, 3.05) is 7.11 Å². The molecule has 3 rings (SSSR count). The molecule has 0 aliphatic carbocycles. The van der Waals surface area contributed by atoms with Crippen LogP contribution in [0.5, 0.6) is 5.75 Å². The lowest BCUT2D eigenvalue weighted by Gasteiger charge is -2.13. The van der Waals surface area contributed by atoms with Crippen molar-refractivity contribution < 1.29 is 9.53 Å². The third-order valence-electron chi connectivity index (χ3n) is 4.01. The minimum Gasteiger partial charge on any atom is -0.497 e. The third-order valence-corrected chi connectivity index (χ3v) is 4.01. The molecule has 0 radical (unpaired) electrons. The number of ether oxygens (including phenoxy) is 1. The van der Waals surface area contributed by atoms with Crippen LogP contribution in [0.25, 0.3) is 11.3 Å². The van der Waals surface area contributed by atoms with Gasteiger partial charge in [0.1, 0.15) is 5.75 Å². The maximum Gasteiger partial charge on any atom is 0.225 e. The molecule has 0 aliphatic heterocycles. The van der Waals surface area contributed by atoms with Crippen LogP contribution in [0.2, 0.25) is 0 Å². The summed E-state index contributed by atoms with van der Waals surface area (Å²) in [6, 6.07) is 17.1. The highest BCUT2D eigenvalue weighted by Crippen LogP contribution is 2.24. The third kappa shape index (κ3) is 4.01. The van der Waals surface area contributed by atoms with E-state index in [1.54, 1.807) is 19.5 Å². The minimum absolute atomic E-state index is 0.375. The molecule has 0 saturated heterocycles. The van der Waals surface area contributed by atoms with Gasteiger partial charge in [-0.2, -0.15) is 0 Å². The Morgan fingerprint density at radius 2 is 1.92 bits per heavy atom. The fourth-order valence-corrected chi connectivity index (χ4v) is 2.70. The van der Waals surface area contributed by atoms with Crippen LogP contribution in [-0.4, -0.2) is 23.0 Å². The van der Waals surface area contributed by atoms with Crippen molar-refractivity contribution >= 4 is 5.91 Å². The number of primary amides is 1. The molecule has 2 aromatic carbocycles. The van der Waals surface area contributed by atoms with Crippen LogP contribution < -0.4 is 10.5 Å². The molecule has 3 aromatic rings. The molecule has 0 bridgehead atoms. The lowest BCUT2D eigenvalue weighted by molar-refractivity contribution is -0.119. The summed E-state index contributed by atoms with van der Waals surface area (Å²) in [5, 5.41) is 0. The van der Waals surface area contributed by atoms with E-state index >= 15 is 0 Å². The summed E-state index contributed by atoms with van der Waals surface area (Å²) in [7, 11) is 1.62. The summed E-state index contributed by atoms with van der Waals surface area (Å²) in [6.45, 7) is 0. The number of hydrogen-bond acceptors (Lipinski definition) is 4. The lowest BCUT2D eigenvalue weighted by atomic mass is 9.93. The summed E-state index contributed by atoms with van der Waals surface area (Å²) in [5.74, 6) is -0.0557. The van der Waals surface area contributed by atoms with Gasteiger partial charge in [0.05, 0.1) is 30.6 Å². The molecule has 1 atom stereocenters. The Morgan fingerprint density at radius 3 is 2.64 bits per heavy atom. The Labute approximate surface area is 146 Å². The molecule has 1 amide bonds. The summed E-state index contributed by atoms with van der Waals surface area (Å²) >= 11 is 0.